The maximum Gasteiger partial charge on any atom is 0.166 e. The molecule has 1 aromatic carbocycles. The van der Waals surface area contributed by atoms with Gasteiger partial charge in [-0.2, -0.15) is 0 Å². The van der Waals surface area contributed by atoms with Crippen molar-refractivity contribution >= 4 is 5.78 Å². The van der Waals surface area contributed by atoms with Gasteiger partial charge >= 0.3 is 0 Å². The van der Waals surface area contributed by atoms with Crippen molar-refractivity contribution in [1.82, 2.24) is 0 Å². The Balaban J connectivity index is 2.16. The fraction of sp³-hybridized carbons (Fsp3) is 0.611. The first-order valence-electron chi connectivity index (χ1n) is 7.60. The lowest BCUT2D eigenvalue weighted by molar-refractivity contribution is 0.0897. The van der Waals surface area contributed by atoms with Crippen LogP contribution in [0, 0.1) is 11.8 Å². The minimum atomic E-state index is 0.197. The molecule has 0 heterocycles. The lowest BCUT2D eigenvalue weighted by atomic mass is 9.81. The molecule has 2 unspecified atom stereocenters. The van der Waals surface area contributed by atoms with Crippen molar-refractivity contribution in [3.8, 4) is 0 Å². The highest BCUT2D eigenvalue weighted by Crippen LogP contribution is 2.34. The maximum atomic E-state index is 12.5. The van der Waals surface area contributed by atoms with Crippen LogP contribution in [0.3, 0.4) is 0 Å². The van der Waals surface area contributed by atoms with Crippen molar-refractivity contribution in [3.63, 3.8) is 0 Å². The zero-order valence-corrected chi connectivity index (χ0v) is 12.7. The van der Waals surface area contributed by atoms with Crippen molar-refractivity contribution in [3.05, 3.63) is 35.4 Å². The molecule has 0 saturated heterocycles. The van der Waals surface area contributed by atoms with Gasteiger partial charge in [0.2, 0.25) is 0 Å². The summed E-state index contributed by atoms with van der Waals surface area (Å²) in [5.41, 5.74) is 2.42. The summed E-state index contributed by atoms with van der Waals surface area (Å²) in [6.45, 7) is 8.93. The Morgan fingerprint density at radius 2 is 1.84 bits per heavy atom. The molecule has 19 heavy (non-hydrogen) atoms. The molecule has 0 N–H and O–H groups in total. The lowest BCUT2D eigenvalue weighted by Gasteiger charge is -2.23. The van der Waals surface area contributed by atoms with E-state index < -0.39 is 0 Å². The summed E-state index contributed by atoms with van der Waals surface area (Å²) in [5.74, 6) is 1.16. The molecule has 1 aliphatic rings. The summed E-state index contributed by atoms with van der Waals surface area (Å²) in [6, 6.07) is 8.33. The number of hydrogen-bond donors (Lipinski definition) is 0. The molecule has 0 aromatic heterocycles. The van der Waals surface area contributed by atoms with E-state index in [1.807, 2.05) is 12.1 Å². The molecular weight excluding hydrogens is 232 g/mol. The topological polar surface area (TPSA) is 17.1 Å². The highest BCUT2D eigenvalue weighted by molar-refractivity contribution is 5.98. The molecule has 0 bridgehead atoms. The second-order valence-electron chi connectivity index (χ2n) is 6.69. The molecule has 0 aliphatic heterocycles. The average molecular weight is 258 g/mol. The largest absolute Gasteiger partial charge is 0.294 e. The Bertz CT molecular complexity index is 441. The summed E-state index contributed by atoms with van der Waals surface area (Å²) in [5, 5.41) is 0. The molecule has 1 heteroatoms. The SMILES string of the molecule is CCC(C)(C)c1ccc(C(=O)C2CCCC2C)cc1. The number of Topliss-reactive ketones (excluding diaryl/α,β-unsaturated/α-hetero) is 1. The van der Waals surface area contributed by atoms with Gasteiger partial charge < -0.3 is 0 Å². The quantitative estimate of drug-likeness (QED) is 0.695. The number of rotatable bonds is 4. The molecule has 0 amide bonds. The van der Waals surface area contributed by atoms with Gasteiger partial charge in [0.15, 0.2) is 5.78 Å². The van der Waals surface area contributed by atoms with Gasteiger partial charge in [0.1, 0.15) is 0 Å². The first kappa shape index (κ1) is 14.3. The number of ketones is 1. The third-order valence-corrected chi connectivity index (χ3v) is 5.03. The zero-order chi connectivity index (χ0) is 14.0. The smallest absolute Gasteiger partial charge is 0.166 e. The van der Waals surface area contributed by atoms with Crippen molar-refractivity contribution < 1.29 is 4.79 Å². The van der Waals surface area contributed by atoms with Gasteiger partial charge in [-0.15, -0.1) is 0 Å². The minimum absolute atomic E-state index is 0.197. The summed E-state index contributed by atoms with van der Waals surface area (Å²) < 4.78 is 0. The monoisotopic (exact) mass is 258 g/mol. The minimum Gasteiger partial charge on any atom is -0.294 e. The third-order valence-electron chi connectivity index (χ3n) is 5.03. The highest BCUT2D eigenvalue weighted by atomic mass is 16.1. The van der Waals surface area contributed by atoms with E-state index in [1.54, 1.807) is 0 Å². The van der Waals surface area contributed by atoms with E-state index in [-0.39, 0.29) is 11.3 Å². The van der Waals surface area contributed by atoms with E-state index in [0.29, 0.717) is 11.7 Å². The molecule has 1 saturated carbocycles. The van der Waals surface area contributed by atoms with E-state index in [1.165, 1.54) is 18.4 Å². The van der Waals surface area contributed by atoms with Crippen molar-refractivity contribution in [2.24, 2.45) is 11.8 Å². The zero-order valence-electron chi connectivity index (χ0n) is 12.7. The van der Waals surface area contributed by atoms with Gasteiger partial charge in [0.25, 0.3) is 0 Å². The van der Waals surface area contributed by atoms with Crippen molar-refractivity contribution in [2.45, 2.75) is 58.8 Å². The van der Waals surface area contributed by atoms with E-state index >= 15 is 0 Å². The first-order valence-corrected chi connectivity index (χ1v) is 7.60. The van der Waals surface area contributed by atoms with E-state index in [0.717, 1.165) is 18.4 Å². The van der Waals surface area contributed by atoms with Crippen molar-refractivity contribution in [1.29, 1.82) is 0 Å². The molecule has 2 rings (SSSR count). The van der Waals surface area contributed by atoms with Gasteiger partial charge in [-0.1, -0.05) is 58.4 Å². The number of carbonyl (C=O) groups is 1. The van der Waals surface area contributed by atoms with E-state index in [2.05, 4.69) is 39.8 Å². The Hall–Kier alpha value is -1.11. The van der Waals surface area contributed by atoms with Crippen LogP contribution in [0.25, 0.3) is 0 Å². The van der Waals surface area contributed by atoms with E-state index in [4.69, 9.17) is 0 Å². The number of hydrogen-bond acceptors (Lipinski definition) is 1. The van der Waals surface area contributed by atoms with Crippen LogP contribution >= 0.6 is 0 Å². The number of carbonyl (C=O) groups excluding carboxylic acids is 1. The Labute approximate surface area is 117 Å². The fourth-order valence-corrected chi connectivity index (χ4v) is 3.04. The van der Waals surface area contributed by atoms with Crippen LogP contribution in [0.1, 0.15) is 69.3 Å². The first-order chi connectivity index (χ1) is 8.95. The molecule has 1 fully saturated rings. The van der Waals surface area contributed by atoms with Crippen LogP contribution in [0.15, 0.2) is 24.3 Å². The molecule has 104 valence electrons. The van der Waals surface area contributed by atoms with Gasteiger partial charge in [-0.25, -0.2) is 0 Å². The molecular formula is C18H26O. The third kappa shape index (κ3) is 2.91. The molecule has 0 spiro atoms. The predicted octanol–water partition coefficient (Wildman–Crippen LogP) is 4.99. The molecule has 2 atom stereocenters. The normalized spacial score (nSPS) is 23.6. The fourth-order valence-electron chi connectivity index (χ4n) is 3.04. The Morgan fingerprint density at radius 3 is 2.32 bits per heavy atom. The molecule has 1 aliphatic carbocycles. The van der Waals surface area contributed by atoms with Crippen LogP contribution in [-0.4, -0.2) is 5.78 Å². The maximum absolute atomic E-state index is 12.5. The van der Waals surface area contributed by atoms with Gasteiger partial charge in [-0.3, -0.25) is 4.79 Å². The second-order valence-corrected chi connectivity index (χ2v) is 6.69. The van der Waals surface area contributed by atoms with Crippen molar-refractivity contribution in [2.75, 3.05) is 0 Å². The van der Waals surface area contributed by atoms with Gasteiger partial charge in [0, 0.05) is 11.5 Å². The lowest BCUT2D eigenvalue weighted by Crippen LogP contribution is -2.18. The summed E-state index contributed by atoms with van der Waals surface area (Å²) >= 11 is 0. The molecule has 1 nitrogen and oxygen atoms in total. The predicted molar refractivity (Wildman–Crippen MR) is 80.6 cm³/mol. The van der Waals surface area contributed by atoms with Gasteiger partial charge in [-0.05, 0) is 36.2 Å². The number of benzene rings is 1. The van der Waals surface area contributed by atoms with Crippen LogP contribution in [0.5, 0.6) is 0 Å². The van der Waals surface area contributed by atoms with E-state index in [9.17, 15) is 4.79 Å². The standard InChI is InChI=1S/C18H26O/c1-5-18(3,4)15-11-9-14(10-12-15)17(19)16-8-6-7-13(16)2/h9-13,16H,5-8H2,1-4H3. The summed E-state index contributed by atoms with van der Waals surface area (Å²) in [7, 11) is 0. The molecule has 0 radical (unpaired) electrons. The van der Waals surface area contributed by atoms with Gasteiger partial charge in [0.05, 0.1) is 0 Å². The Morgan fingerprint density at radius 1 is 1.21 bits per heavy atom. The highest BCUT2D eigenvalue weighted by Gasteiger charge is 2.30. The summed E-state index contributed by atoms with van der Waals surface area (Å²) in [6.07, 6.45) is 4.60. The Kier molecular flexibility index (Phi) is 4.13. The van der Waals surface area contributed by atoms with Crippen LogP contribution in [0.2, 0.25) is 0 Å². The van der Waals surface area contributed by atoms with Crippen LogP contribution < -0.4 is 0 Å². The average Bonchev–Trinajstić information content (AvgIpc) is 2.84. The van der Waals surface area contributed by atoms with Crippen LogP contribution in [0.4, 0.5) is 0 Å². The second kappa shape index (κ2) is 5.48. The van der Waals surface area contributed by atoms with Crippen LogP contribution in [-0.2, 0) is 5.41 Å². The summed E-state index contributed by atoms with van der Waals surface area (Å²) in [4.78, 5) is 12.5. The molecule has 1 aromatic rings.